The van der Waals surface area contributed by atoms with Crippen LogP contribution in [0.4, 0.5) is 0 Å². The van der Waals surface area contributed by atoms with E-state index in [9.17, 15) is 10.4 Å². The maximum Gasteiger partial charge on any atom is 0.176 e. The van der Waals surface area contributed by atoms with Crippen LogP contribution in [0.3, 0.4) is 0 Å². The molecule has 19 heavy (non-hydrogen) atoms. The summed E-state index contributed by atoms with van der Waals surface area (Å²) in [5, 5.41) is 19.6. The Labute approximate surface area is 117 Å². The smallest absolute Gasteiger partial charge is 0.176 e. The van der Waals surface area contributed by atoms with Crippen molar-refractivity contribution in [2.75, 3.05) is 0 Å². The zero-order chi connectivity index (χ0) is 14.0. The van der Waals surface area contributed by atoms with E-state index in [4.69, 9.17) is 0 Å². The van der Waals surface area contributed by atoms with Crippen LogP contribution in [0.5, 0.6) is 0 Å². The van der Waals surface area contributed by atoms with E-state index in [0.717, 1.165) is 12.8 Å². The van der Waals surface area contributed by atoms with Gasteiger partial charge in [0.15, 0.2) is 5.60 Å². The van der Waals surface area contributed by atoms with Gasteiger partial charge in [0, 0.05) is 0 Å². The van der Waals surface area contributed by atoms with Gasteiger partial charge in [0.1, 0.15) is 6.07 Å². The van der Waals surface area contributed by atoms with Crippen LogP contribution < -0.4 is 0 Å². The maximum atomic E-state index is 10.4. The molecule has 0 aliphatic rings. The highest BCUT2D eigenvalue weighted by molar-refractivity contribution is 5.28. The minimum Gasteiger partial charge on any atom is -0.371 e. The first kappa shape index (κ1) is 15.7. The Kier molecular flexibility index (Phi) is 7.22. The van der Waals surface area contributed by atoms with Gasteiger partial charge in [-0.05, 0) is 18.4 Å². The van der Waals surface area contributed by atoms with Gasteiger partial charge in [0.2, 0.25) is 0 Å². The highest BCUT2D eigenvalue weighted by Crippen LogP contribution is 2.26. The van der Waals surface area contributed by atoms with Crippen molar-refractivity contribution in [2.24, 2.45) is 0 Å². The van der Waals surface area contributed by atoms with Gasteiger partial charge >= 0.3 is 0 Å². The van der Waals surface area contributed by atoms with Crippen molar-refractivity contribution in [3.05, 3.63) is 35.9 Å². The summed E-state index contributed by atoms with van der Waals surface area (Å²) in [6.07, 6.45) is 8.89. The second-order valence-electron chi connectivity index (χ2n) is 5.21. The Bertz CT molecular complexity index is 382. The van der Waals surface area contributed by atoms with Crippen molar-refractivity contribution in [2.45, 2.75) is 63.9 Å². The molecule has 0 saturated carbocycles. The Hall–Kier alpha value is -1.33. The minimum absolute atomic E-state index is 0.529. The number of unbranched alkanes of at least 4 members (excludes halogenated alkanes) is 6. The van der Waals surface area contributed by atoms with Crippen molar-refractivity contribution >= 4 is 0 Å². The zero-order valence-corrected chi connectivity index (χ0v) is 11.9. The SMILES string of the molecule is CCCCCCCCC[C@@](O)(C#N)c1ccccc1. The second kappa shape index (κ2) is 8.72. The van der Waals surface area contributed by atoms with Crippen LogP contribution in [0.2, 0.25) is 0 Å². The Balaban J connectivity index is 2.32. The molecule has 2 heteroatoms. The van der Waals surface area contributed by atoms with Crippen LogP contribution in [0, 0.1) is 11.3 Å². The number of aliphatic hydroxyl groups is 1. The molecule has 0 aliphatic heterocycles. The number of rotatable bonds is 9. The van der Waals surface area contributed by atoms with E-state index >= 15 is 0 Å². The quantitative estimate of drug-likeness (QED) is 0.522. The van der Waals surface area contributed by atoms with Crippen LogP contribution in [-0.4, -0.2) is 5.11 Å². The van der Waals surface area contributed by atoms with Crippen molar-refractivity contribution < 1.29 is 5.11 Å². The van der Waals surface area contributed by atoms with Gasteiger partial charge in [-0.3, -0.25) is 0 Å². The normalized spacial score (nSPS) is 13.7. The van der Waals surface area contributed by atoms with Crippen LogP contribution in [-0.2, 0) is 5.60 Å². The third-order valence-corrected chi connectivity index (χ3v) is 3.58. The molecule has 1 aromatic carbocycles. The van der Waals surface area contributed by atoms with E-state index in [1.54, 1.807) is 0 Å². The first-order chi connectivity index (χ1) is 9.23. The molecule has 0 bridgehead atoms. The molecule has 0 heterocycles. The molecular formula is C17H25NO. The summed E-state index contributed by atoms with van der Waals surface area (Å²) in [6.45, 7) is 2.22. The van der Waals surface area contributed by atoms with E-state index in [2.05, 4.69) is 13.0 Å². The van der Waals surface area contributed by atoms with Gasteiger partial charge < -0.3 is 5.11 Å². The van der Waals surface area contributed by atoms with Crippen LogP contribution in [0.25, 0.3) is 0 Å². The number of benzene rings is 1. The van der Waals surface area contributed by atoms with E-state index in [1.807, 2.05) is 30.3 Å². The van der Waals surface area contributed by atoms with Gasteiger partial charge in [-0.2, -0.15) is 5.26 Å². The van der Waals surface area contributed by atoms with E-state index in [-0.39, 0.29) is 0 Å². The van der Waals surface area contributed by atoms with Crippen molar-refractivity contribution in [3.8, 4) is 6.07 Å². The Morgan fingerprint density at radius 2 is 1.58 bits per heavy atom. The van der Waals surface area contributed by atoms with Crippen molar-refractivity contribution in [1.82, 2.24) is 0 Å². The average molecular weight is 259 g/mol. The third-order valence-electron chi connectivity index (χ3n) is 3.58. The molecule has 1 aromatic rings. The molecule has 2 nitrogen and oxygen atoms in total. The standard InChI is InChI=1S/C17H25NO/c1-2-3-4-5-6-7-11-14-17(19,15-18)16-12-9-8-10-13-16/h8-10,12-13,19H,2-7,11,14H2,1H3/t17-/m1/s1. The Morgan fingerprint density at radius 3 is 2.16 bits per heavy atom. The fraction of sp³-hybridized carbons (Fsp3) is 0.588. The molecule has 0 aliphatic carbocycles. The summed E-state index contributed by atoms with van der Waals surface area (Å²) in [6, 6.07) is 11.3. The number of hydrogen-bond donors (Lipinski definition) is 1. The van der Waals surface area contributed by atoms with E-state index < -0.39 is 5.60 Å². The summed E-state index contributed by atoms with van der Waals surface area (Å²) in [5.41, 5.74) is -0.603. The maximum absolute atomic E-state index is 10.4. The monoisotopic (exact) mass is 259 g/mol. The molecule has 1 rings (SSSR count). The topological polar surface area (TPSA) is 44.0 Å². The fourth-order valence-corrected chi connectivity index (χ4v) is 2.32. The van der Waals surface area contributed by atoms with Crippen LogP contribution in [0.15, 0.2) is 30.3 Å². The predicted octanol–water partition coefficient (Wildman–Crippen LogP) is 4.54. The first-order valence-electron chi connectivity index (χ1n) is 7.42. The lowest BCUT2D eigenvalue weighted by molar-refractivity contribution is 0.0845. The molecular weight excluding hydrogens is 234 g/mol. The number of hydrogen-bond acceptors (Lipinski definition) is 2. The molecule has 0 radical (unpaired) electrons. The summed E-state index contributed by atoms with van der Waals surface area (Å²) < 4.78 is 0. The average Bonchev–Trinajstić information content (AvgIpc) is 2.47. The third kappa shape index (κ3) is 5.44. The van der Waals surface area contributed by atoms with E-state index in [1.165, 1.54) is 32.1 Å². The Morgan fingerprint density at radius 1 is 1.00 bits per heavy atom. The van der Waals surface area contributed by atoms with Crippen LogP contribution >= 0.6 is 0 Å². The van der Waals surface area contributed by atoms with Gasteiger partial charge in [0.25, 0.3) is 0 Å². The number of nitrogens with zero attached hydrogens (tertiary/aromatic N) is 1. The predicted molar refractivity (Wildman–Crippen MR) is 78.6 cm³/mol. The molecule has 0 saturated heterocycles. The molecule has 0 amide bonds. The lowest BCUT2D eigenvalue weighted by Crippen LogP contribution is -2.23. The molecule has 104 valence electrons. The summed E-state index contributed by atoms with van der Waals surface area (Å²) in [7, 11) is 0. The van der Waals surface area contributed by atoms with Gasteiger partial charge in [-0.1, -0.05) is 75.8 Å². The summed E-state index contributed by atoms with van der Waals surface area (Å²) in [5.74, 6) is 0. The largest absolute Gasteiger partial charge is 0.371 e. The van der Waals surface area contributed by atoms with Gasteiger partial charge in [-0.25, -0.2) is 0 Å². The molecule has 0 fully saturated rings. The molecule has 0 aromatic heterocycles. The lowest BCUT2D eigenvalue weighted by Gasteiger charge is -2.20. The zero-order valence-electron chi connectivity index (χ0n) is 11.9. The fourth-order valence-electron chi connectivity index (χ4n) is 2.32. The van der Waals surface area contributed by atoms with E-state index in [0.29, 0.717) is 12.0 Å². The lowest BCUT2D eigenvalue weighted by atomic mass is 9.89. The molecule has 0 unspecified atom stereocenters. The van der Waals surface area contributed by atoms with Crippen molar-refractivity contribution in [3.63, 3.8) is 0 Å². The summed E-state index contributed by atoms with van der Waals surface area (Å²) >= 11 is 0. The second-order valence-corrected chi connectivity index (χ2v) is 5.21. The first-order valence-corrected chi connectivity index (χ1v) is 7.42. The van der Waals surface area contributed by atoms with Crippen molar-refractivity contribution in [1.29, 1.82) is 5.26 Å². The minimum atomic E-state index is -1.31. The van der Waals surface area contributed by atoms with Gasteiger partial charge in [-0.15, -0.1) is 0 Å². The summed E-state index contributed by atoms with van der Waals surface area (Å²) in [4.78, 5) is 0. The molecule has 0 spiro atoms. The highest BCUT2D eigenvalue weighted by atomic mass is 16.3. The molecule has 1 atom stereocenters. The van der Waals surface area contributed by atoms with Gasteiger partial charge in [0.05, 0.1) is 0 Å². The number of nitriles is 1. The highest BCUT2D eigenvalue weighted by Gasteiger charge is 2.27. The molecule has 1 N–H and O–H groups in total. The van der Waals surface area contributed by atoms with Crippen LogP contribution in [0.1, 0.15) is 63.9 Å².